The van der Waals surface area contributed by atoms with Crippen LogP contribution in [0.1, 0.15) is 57.8 Å². The molecule has 5 fully saturated rings. The van der Waals surface area contributed by atoms with E-state index in [-0.39, 0.29) is 36.3 Å². The van der Waals surface area contributed by atoms with E-state index in [0.717, 1.165) is 25.0 Å². The van der Waals surface area contributed by atoms with Crippen LogP contribution in [-0.2, 0) is 33.3 Å². The first-order valence-corrected chi connectivity index (χ1v) is 13.1. The lowest BCUT2D eigenvalue weighted by Gasteiger charge is -2.46. The molecule has 0 aliphatic carbocycles. The van der Waals surface area contributed by atoms with E-state index in [2.05, 4.69) is 6.58 Å². The Balaban J connectivity index is 1.11. The topological polar surface area (TPSA) is 121 Å². The molecule has 9 heteroatoms. The third-order valence-electron chi connectivity index (χ3n) is 8.08. The fraction of sp³-hybridized carbons (Fsp3) is 0.846. The highest BCUT2D eigenvalue weighted by Gasteiger charge is 2.57. The number of rotatable bonds is 9. The molecule has 2 N–H and O–H groups in total. The van der Waals surface area contributed by atoms with Gasteiger partial charge in [0, 0.05) is 38.9 Å². The number of Topliss-reactive ketones (excluding diaryl/α,β-unsaturated/α-hetero) is 2. The van der Waals surface area contributed by atoms with Gasteiger partial charge in [0.25, 0.3) is 0 Å². The predicted molar refractivity (Wildman–Crippen MR) is 123 cm³/mol. The van der Waals surface area contributed by atoms with Gasteiger partial charge >= 0.3 is 0 Å². The Morgan fingerprint density at radius 3 is 2.46 bits per heavy atom. The smallest absolute Gasteiger partial charge is 0.135 e. The van der Waals surface area contributed by atoms with Gasteiger partial charge in [-0.1, -0.05) is 6.58 Å². The molecule has 5 aliphatic heterocycles. The van der Waals surface area contributed by atoms with E-state index in [0.29, 0.717) is 57.7 Å². The number of carbonyl (C=O) groups excluding carboxylic acids is 2. The van der Waals surface area contributed by atoms with Crippen LogP contribution in [0.5, 0.6) is 0 Å². The molecule has 0 bridgehead atoms. The summed E-state index contributed by atoms with van der Waals surface area (Å²) in [5.74, 6) is 0.441. The Bertz CT molecular complexity index is 794. The number of fused-ring (bicyclic) bond motifs is 2. The molecule has 0 spiro atoms. The van der Waals surface area contributed by atoms with Gasteiger partial charge in [0.15, 0.2) is 0 Å². The molecule has 196 valence electrons. The van der Waals surface area contributed by atoms with E-state index < -0.39 is 36.6 Å². The molecule has 0 aromatic rings. The van der Waals surface area contributed by atoms with Crippen LogP contribution in [-0.4, -0.2) is 96.5 Å². The standard InChI is InChI=1S/C26H38O9/c1-14-8-18(32-12-14)3-2-16(27)11-21-22(29)25-26(35-21)23(30)24-20(34-25)5-4-19(33-24)10-17(28)9-15-6-7-31-13-15/h15,18-26,29-30H,1-13H2/t15-,18-,19+,20-,21?,22-,23-,24?,25?,26-/m0/s1. The van der Waals surface area contributed by atoms with Crippen molar-refractivity contribution in [3.63, 3.8) is 0 Å². The summed E-state index contributed by atoms with van der Waals surface area (Å²) in [6.07, 6.45) is -0.545. The quantitative estimate of drug-likeness (QED) is 0.456. The lowest BCUT2D eigenvalue weighted by atomic mass is 9.87. The SMILES string of the molecule is C=C1CO[C@@H](CCC(=O)CC2O[C@@H]3C(O[C@H]4CC[C@H](CC(=O)C[C@@H]5CCOC5)OC4[C@@H]3O)[C@H]2O)C1. The summed E-state index contributed by atoms with van der Waals surface area (Å²) < 4.78 is 29.1. The lowest BCUT2D eigenvalue weighted by molar-refractivity contribution is -0.259. The molecule has 5 aliphatic rings. The second-order valence-electron chi connectivity index (χ2n) is 10.9. The number of aliphatic hydroxyl groups is 2. The van der Waals surface area contributed by atoms with Gasteiger partial charge in [-0.25, -0.2) is 0 Å². The minimum atomic E-state index is -0.993. The van der Waals surface area contributed by atoms with E-state index in [1.165, 1.54) is 0 Å². The van der Waals surface area contributed by atoms with Crippen molar-refractivity contribution in [3.8, 4) is 0 Å². The molecule has 5 heterocycles. The summed E-state index contributed by atoms with van der Waals surface area (Å²) in [6.45, 7) is 5.83. The van der Waals surface area contributed by atoms with E-state index in [1.54, 1.807) is 0 Å². The van der Waals surface area contributed by atoms with E-state index >= 15 is 0 Å². The van der Waals surface area contributed by atoms with Crippen LogP contribution in [0.3, 0.4) is 0 Å². The van der Waals surface area contributed by atoms with Crippen molar-refractivity contribution in [1.82, 2.24) is 0 Å². The number of aliphatic hydroxyl groups excluding tert-OH is 2. The summed E-state index contributed by atoms with van der Waals surface area (Å²) in [4.78, 5) is 25.1. The molecule has 0 amide bonds. The van der Waals surface area contributed by atoms with Crippen molar-refractivity contribution >= 4 is 11.6 Å². The van der Waals surface area contributed by atoms with Crippen LogP contribution < -0.4 is 0 Å². The highest BCUT2D eigenvalue weighted by molar-refractivity contribution is 5.79. The van der Waals surface area contributed by atoms with Crippen LogP contribution in [0.25, 0.3) is 0 Å². The molecule has 0 saturated carbocycles. The zero-order valence-corrected chi connectivity index (χ0v) is 20.2. The highest BCUT2D eigenvalue weighted by atomic mass is 16.6. The van der Waals surface area contributed by atoms with Gasteiger partial charge in [-0.2, -0.15) is 0 Å². The molecule has 0 aromatic carbocycles. The number of ketones is 2. The summed E-state index contributed by atoms with van der Waals surface area (Å²) in [5.41, 5.74) is 1.05. The fourth-order valence-electron chi connectivity index (χ4n) is 6.16. The van der Waals surface area contributed by atoms with E-state index in [4.69, 9.17) is 23.7 Å². The Labute approximate surface area is 206 Å². The maximum absolute atomic E-state index is 12.6. The van der Waals surface area contributed by atoms with Gasteiger partial charge in [0.1, 0.15) is 42.1 Å². The summed E-state index contributed by atoms with van der Waals surface area (Å²) in [5, 5.41) is 21.9. The maximum Gasteiger partial charge on any atom is 0.135 e. The molecule has 9 nitrogen and oxygen atoms in total. The zero-order valence-electron chi connectivity index (χ0n) is 20.2. The van der Waals surface area contributed by atoms with Crippen LogP contribution in [0.15, 0.2) is 12.2 Å². The number of hydrogen-bond donors (Lipinski definition) is 2. The molecule has 3 unspecified atom stereocenters. The van der Waals surface area contributed by atoms with Gasteiger partial charge in [0.05, 0.1) is 31.0 Å². The molecule has 10 atom stereocenters. The minimum absolute atomic E-state index is 0.0109. The molecule has 35 heavy (non-hydrogen) atoms. The average molecular weight is 495 g/mol. The number of hydrogen-bond acceptors (Lipinski definition) is 9. The normalized spacial score (nSPS) is 43.2. The third kappa shape index (κ3) is 5.87. The van der Waals surface area contributed by atoms with Crippen molar-refractivity contribution in [2.45, 2.75) is 113 Å². The van der Waals surface area contributed by atoms with Crippen molar-refractivity contribution in [3.05, 3.63) is 12.2 Å². The molecule has 0 aromatic heterocycles. The third-order valence-corrected chi connectivity index (χ3v) is 8.08. The first-order chi connectivity index (χ1) is 16.9. The second kappa shape index (κ2) is 11.0. The van der Waals surface area contributed by atoms with Crippen molar-refractivity contribution in [2.24, 2.45) is 5.92 Å². The van der Waals surface area contributed by atoms with Crippen molar-refractivity contribution < 1.29 is 43.5 Å². The average Bonchev–Trinajstić information content (AvgIpc) is 3.56. The maximum atomic E-state index is 12.6. The summed E-state index contributed by atoms with van der Waals surface area (Å²) >= 11 is 0. The molecule has 5 saturated heterocycles. The summed E-state index contributed by atoms with van der Waals surface area (Å²) in [7, 11) is 0. The lowest BCUT2D eigenvalue weighted by Crippen LogP contribution is -2.61. The first kappa shape index (κ1) is 25.4. The number of carbonyl (C=O) groups is 2. The molecule has 0 radical (unpaired) electrons. The number of ether oxygens (including phenoxy) is 5. The predicted octanol–water partition coefficient (Wildman–Crippen LogP) is 1.26. The van der Waals surface area contributed by atoms with Crippen molar-refractivity contribution in [1.29, 1.82) is 0 Å². The first-order valence-electron chi connectivity index (χ1n) is 13.1. The molecular formula is C26H38O9. The van der Waals surface area contributed by atoms with Gasteiger partial charge in [0.2, 0.25) is 0 Å². The van der Waals surface area contributed by atoms with Crippen LogP contribution in [0, 0.1) is 5.92 Å². The minimum Gasteiger partial charge on any atom is -0.388 e. The Hall–Kier alpha value is -1.20. The molecular weight excluding hydrogens is 456 g/mol. The monoisotopic (exact) mass is 494 g/mol. The summed E-state index contributed by atoms with van der Waals surface area (Å²) in [6, 6.07) is 0. The second-order valence-corrected chi connectivity index (χ2v) is 10.9. The Morgan fingerprint density at radius 2 is 1.71 bits per heavy atom. The van der Waals surface area contributed by atoms with Crippen LogP contribution >= 0.6 is 0 Å². The van der Waals surface area contributed by atoms with Crippen LogP contribution in [0.2, 0.25) is 0 Å². The van der Waals surface area contributed by atoms with E-state index in [9.17, 15) is 19.8 Å². The fourth-order valence-corrected chi connectivity index (χ4v) is 6.16. The van der Waals surface area contributed by atoms with Gasteiger partial charge < -0.3 is 33.9 Å². The highest BCUT2D eigenvalue weighted by Crippen LogP contribution is 2.40. The van der Waals surface area contributed by atoms with Crippen molar-refractivity contribution in [2.75, 3.05) is 19.8 Å². The zero-order chi connectivity index (χ0) is 24.5. The van der Waals surface area contributed by atoms with Gasteiger partial charge in [-0.3, -0.25) is 9.59 Å². The largest absolute Gasteiger partial charge is 0.388 e. The van der Waals surface area contributed by atoms with Gasteiger partial charge in [-0.15, -0.1) is 0 Å². The van der Waals surface area contributed by atoms with Gasteiger partial charge in [-0.05, 0) is 43.6 Å². The van der Waals surface area contributed by atoms with Crippen LogP contribution in [0.4, 0.5) is 0 Å². The Morgan fingerprint density at radius 1 is 0.886 bits per heavy atom. The molecule has 5 rings (SSSR count). The Kier molecular flexibility index (Phi) is 8.03. The van der Waals surface area contributed by atoms with E-state index in [1.807, 2.05) is 0 Å².